The molecule has 2 rings (SSSR count). The van der Waals surface area contributed by atoms with Gasteiger partial charge in [-0.3, -0.25) is 9.88 Å². The summed E-state index contributed by atoms with van der Waals surface area (Å²) in [7, 11) is 0. The molecule has 1 aromatic heterocycles. The second kappa shape index (κ2) is 7.16. The number of hydrogen-bond donors (Lipinski definition) is 0. The zero-order valence-corrected chi connectivity index (χ0v) is 11.9. The van der Waals surface area contributed by atoms with Gasteiger partial charge < -0.3 is 4.74 Å². The van der Waals surface area contributed by atoms with Crippen molar-refractivity contribution >= 4 is 15.9 Å². The predicted octanol–water partition coefficient (Wildman–Crippen LogP) is 2.60. The van der Waals surface area contributed by atoms with Crippen molar-refractivity contribution in [2.24, 2.45) is 0 Å². The number of alkyl halides is 1. The summed E-state index contributed by atoms with van der Waals surface area (Å²) in [5.74, 6) is -0.261. The minimum Gasteiger partial charge on any atom is -0.377 e. The Morgan fingerprint density at radius 2 is 2.17 bits per heavy atom. The standard InChI is InChI=1S/C13H18BrFN2O/c14-3-6-18-13-1-4-17(5-2-13)10-11-7-12(15)9-16-8-11/h7-9,13H,1-6,10H2. The maximum absolute atomic E-state index is 13.0. The molecular weight excluding hydrogens is 299 g/mol. The van der Waals surface area contributed by atoms with E-state index in [1.807, 2.05) is 0 Å². The SMILES string of the molecule is Fc1cncc(CN2CCC(OCCBr)CC2)c1. The summed E-state index contributed by atoms with van der Waals surface area (Å²) in [5.41, 5.74) is 0.940. The van der Waals surface area contributed by atoms with Crippen LogP contribution in [-0.4, -0.2) is 41.0 Å². The number of pyridine rings is 1. The number of rotatable bonds is 5. The summed E-state index contributed by atoms with van der Waals surface area (Å²) in [6.45, 7) is 3.56. The van der Waals surface area contributed by atoms with Gasteiger partial charge in [0.1, 0.15) is 5.82 Å². The van der Waals surface area contributed by atoms with E-state index < -0.39 is 0 Å². The van der Waals surface area contributed by atoms with Crippen LogP contribution in [-0.2, 0) is 11.3 Å². The van der Waals surface area contributed by atoms with E-state index in [1.165, 1.54) is 6.20 Å². The van der Waals surface area contributed by atoms with Crippen LogP contribution in [0.1, 0.15) is 18.4 Å². The van der Waals surface area contributed by atoms with Crippen LogP contribution in [0.5, 0.6) is 0 Å². The van der Waals surface area contributed by atoms with Gasteiger partial charge in [0.05, 0.1) is 18.9 Å². The summed E-state index contributed by atoms with van der Waals surface area (Å²) in [6.07, 6.45) is 5.45. The summed E-state index contributed by atoms with van der Waals surface area (Å²) in [4.78, 5) is 6.20. The van der Waals surface area contributed by atoms with Gasteiger partial charge in [0.2, 0.25) is 0 Å². The second-order valence-electron chi connectivity index (χ2n) is 4.55. The molecule has 0 saturated carbocycles. The van der Waals surface area contributed by atoms with Crippen LogP contribution in [0.4, 0.5) is 4.39 Å². The molecule has 3 nitrogen and oxygen atoms in total. The molecular formula is C13H18BrFN2O. The molecule has 0 amide bonds. The number of nitrogens with zero attached hydrogens (tertiary/aromatic N) is 2. The number of ether oxygens (including phenoxy) is 1. The maximum atomic E-state index is 13.0. The highest BCUT2D eigenvalue weighted by atomic mass is 79.9. The Hall–Kier alpha value is -0.520. The summed E-state index contributed by atoms with van der Waals surface area (Å²) < 4.78 is 18.7. The highest BCUT2D eigenvalue weighted by Gasteiger charge is 2.19. The van der Waals surface area contributed by atoms with Crippen molar-refractivity contribution in [2.45, 2.75) is 25.5 Å². The lowest BCUT2D eigenvalue weighted by Crippen LogP contribution is -2.36. The highest BCUT2D eigenvalue weighted by Crippen LogP contribution is 2.16. The quantitative estimate of drug-likeness (QED) is 0.781. The van der Waals surface area contributed by atoms with Crippen LogP contribution in [0, 0.1) is 5.82 Å². The van der Waals surface area contributed by atoms with Crippen LogP contribution < -0.4 is 0 Å². The Balaban J connectivity index is 1.76. The molecule has 1 aromatic rings. The van der Waals surface area contributed by atoms with Gasteiger partial charge in [-0.2, -0.15) is 0 Å². The molecule has 0 radical (unpaired) electrons. The molecule has 0 aliphatic carbocycles. The Labute approximate surface area is 115 Å². The minimum atomic E-state index is -0.261. The monoisotopic (exact) mass is 316 g/mol. The number of piperidine rings is 1. The van der Waals surface area contributed by atoms with Gasteiger partial charge in [-0.1, -0.05) is 15.9 Å². The van der Waals surface area contributed by atoms with Crippen molar-refractivity contribution in [1.29, 1.82) is 0 Å². The fourth-order valence-corrected chi connectivity index (χ4v) is 2.43. The van der Waals surface area contributed by atoms with E-state index in [9.17, 15) is 4.39 Å². The third kappa shape index (κ3) is 4.30. The van der Waals surface area contributed by atoms with Crippen LogP contribution >= 0.6 is 15.9 Å². The average molecular weight is 317 g/mol. The third-order valence-electron chi connectivity index (χ3n) is 3.13. The van der Waals surface area contributed by atoms with Gasteiger partial charge in [-0.25, -0.2) is 4.39 Å². The first-order valence-corrected chi connectivity index (χ1v) is 7.39. The summed E-state index contributed by atoms with van der Waals surface area (Å²) >= 11 is 3.36. The zero-order valence-electron chi connectivity index (χ0n) is 10.3. The normalized spacial score (nSPS) is 18.1. The van der Waals surface area contributed by atoms with Crippen molar-refractivity contribution in [3.8, 4) is 0 Å². The van der Waals surface area contributed by atoms with Crippen LogP contribution in [0.2, 0.25) is 0 Å². The van der Waals surface area contributed by atoms with Crippen molar-refractivity contribution in [3.05, 3.63) is 29.8 Å². The van der Waals surface area contributed by atoms with Crippen LogP contribution in [0.3, 0.4) is 0 Å². The van der Waals surface area contributed by atoms with Gasteiger partial charge in [0, 0.05) is 31.2 Å². The molecule has 100 valence electrons. The lowest BCUT2D eigenvalue weighted by atomic mass is 10.1. The molecule has 18 heavy (non-hydrogen) atoms. The molecule has 1 aliphatic heterocycles. The molecule has 0 aromatic carbocycles. The van der Waals surface area contributed by atoms with E-state index in [-0.39, 0.29) is 5.82 Å². The lowest BCUT2D eigenvalue weighted by molar-refractivity contribution is 0.0141. The smallest absolute Gasteiger partial charge is 0.141 e. The first-order chi connectivity index (χ1) is 8.78. The Morgan fingerprint density at radius 1 is 1.39 bits per heavy atom. The molecule has 0 unspecified atom stereocenters. The van der Waals surface area contributed by atoms with E-state index in [0.717, 1.165) is 50.0 Å². The molecule has 0 N–H and O–H groups in total. The third-order valence-corrected chi connectivity index (χ3v) is 3.46. The molecule has 0 atom stereocenters. The molecule has 2 heterocycles. The van der Waals surface area contributed by atoms with Crippen molar-refractivity contribution in [2.75, 3.05) is 25.0 Å². The van der Waals surface area contributed by atoms with E-state index in [4.69, 9.17) is 4.74 Å². The molecule has 1 saturated heterocycles. The fraction of sp³-hybridized carbons (Fsp3) is 0.615. The Morgan fingerprint density at radius 3 is 2.83 bits per heavy atom. The van der Waals surface area contributed by atoms with Gasteiger partial charge in [0.25, 0.3) is 0 Å². The Bertz CT molecular complexity index is 370. The van der Waals surface area contributed by atoms with Crippen molar-refractivity contribution < 1.29 is 9.13 Å². The zero-order chi connectivity index (χ0) is 12.8. The van der Waals surface area contributed by atoms with Gasteiger partial charge in [0.15, 0.2) is 0 Å². The highest BCUT2D eigenvalue weighted by molar-refractivity contribution is 9.09. The van der Waals surface area contributed by atoms with Crippen molar-refractivity contribution in [1.82, 2.24) is 9.88 Å². The number of likely N-dealkylation sites (tertiary alicyclic amines) is 1. The Kier molecular flexibility index (Phi) is 5.53. The van der Waals surface area contributed by atoms with Crippen LogP contribution in [0.25, 0.3) is 0 Å². The van der Waals surface area contributed by atoms with Gasteiger partial charge in [-0.05, 0) is 24.5 Å². The maximum Gasteiger partial charge on any atom is 0.141 e. The predicted molar refractivity (Wildman–Crippen MR) is 72.2 cm³/mol. The lowest BCUT2D eigenvalue weighted by Gasteiger charge is -2.31. The number of aromatic nitrogens is 1. The van der Waals surface area contributed by atoms with Crippen LogP contribution in [0.15, 0.2) is 18.5 Å². The van der Waals surface area contributed by atoms with Gasteiger partial charge in [-0.15, -0.1) is 0 Å². The minimum absolute atomic E-state index is 0.261. The summed E-state index contributed by atoms with van der Waals surface area (Å²) in [6, 6.07) is 1.56. The molecule has 5 heteroatoms. The topological polar surface area (TPSA) is 25.4 Å². The summed E-state index contributed by atoms with van der Waals surface area (Å²) in [5, 5.41) is 0.891. The molecule has 1 fully saturated rings. The van der Waals surface area contributed by atoms with Gasteiger partial charge >= 0.3 is 0 Å². The number of hydrogen-bond acceptors (Lipinski definition) is 3. The van der Waals surface area contributed by atoms with Crippen molar-refractivity contribution in [3.63, 3.8) is 0 Å². The van der Waals surface area contributed by atoms with E-state index >= 15 is 0 Å². The van der Waals surface area contributed by atoms with E-state index in [2.05, 4.69) is 25.8 Å². The molecule has 0 spiro atoms. The average Bonchev–Trinajstić information content (AvgIpc) is 2.38. The van der Waals surface area contributed by atoms with E-state index in [1.54, 1.807) is 12.3 Å². The largest absolute Gasteiger partial charge is 0.377 e. The van der Waals surface area contributed by atoms with E-state index in [0.29, 0.717) is 6.10 Å². The first-order valence-electron chi connectivity index (χ1n) is 6.27. The number of halogens is 2. The molecule has 0 bridgehead atoms. The fourth-order valence-electron chi connectivity index (χ4n) is 2.25. The second-order valence-corrected chi connectivity index (χ2v) is 5.34. The first kappa shape index (κ1) is 13.9. The molecule has 1 aliphatic rings.